The van der Waals surface area contributed by atoms with Crippen LogP contribution in [0.25, 0.3) is 0 Å². The van der Waals surface area contributed by atoms with Crippen molar-refractivity contribution in [1.82, 2.24) is 0 Å². The van der Waals surface area contributed by atoms with E-state index in [1.165, 1.54) is 4.91 Å². The zero-order chi connectivity index (χ0) is 7.61. The number of allylic oxidation sites excluding steroid dienone is 3. The Kier molecular flexibility index (Phi) is 2.24. The summed E-state index contributed by atoms with van der Waals surface area (Å²) in [5.74, 6) is 1.14. The minimum absolute atomic E-state index is 0.343. The molecular weight excluding hydrogens is 140 g/mol. The molecule has 0 aromatic rings. The van der Waals surface area contributed by atoms with E-state index in [9.17, 15) is 0 Å². The van der Waals surface area contributed by atoms with Crippen molar-refractivity contribution in [1.29, 1.82) is 0 Å². The molecule has 0 radical (unpaired) electrons. The van der Waals surface area contributed by atoms with E-state index in [-0.39, 0.29) is 0 Å². The Hall–Kier alpha value is -0.170. The molecule has 1 heteroatoms. The maximum atomic E-state index is 2.25. The summed E-state index contributed by atoms with van der Waals surface area (Å²) in [4.78, 5) is 1.50. The predicted molar refractivity (Wildman–Crippen MR) is 49.1 cm³/mol. The molecule has 0 bridgehead atoms. The number of thioether (sulfide) groups is 1. The lowest BCUT2D eigenvalue weighted by molar-refractivity contribution is 0.533. The second kappa shape index (κ2) is 2.83. The fraction of sp³-hybridized carbons (Fsp3) is 0.556. The number of rotatable bonds is 0. The second-order valence-corrected chi connectivity index (χ2v) is 4.58. The van der Waals surface area contributed by atoms with Gasteiger partial charge in [0.05, 0.1) is 0 Å². The van der Waals surface area contributed by atoms with Crippen molar-refractivity contribution >= 4 is 11.8 Å². The van der Waals surface area contributed by atoms with Crippen LogP contribution in [0.1, 0.15) is 20.8 Å². The van der Waals surface area contributed by atoms with Crippen molar-refractivity contribution in [3.8, 4) is 0 Å². The van der Waals surface area contributed by atoms with Crippen LogP contribution in [-0.4, -0.2) is 5.75 Å². The van der Waals surface area contributed by atoms with E-state index in [4.69, 9.17) is 0 Å². The first-order valence-electron chi connectivity index (χ1n) is 3.61. The van der Waals surface area contributed by atoms with Crippen molar-refractivity contribution in [2.75, 3.05) is 5.75 Å². The summed E-state index contributed by atoms with van der Waals surface area (Å²) in [6, 6.07) is 0. The molecule has 0 saturated carbocycles. The molecule has 0 aromatic carbocycles. The molecule has 0 saturated heterocycles. The molecule has 1 aliphatic heterocycles. The Morgan fingerprint density at radius 2 is 2.10 bits per heavy atom. The predicted octanol–water partition coefficient (Wildman–Crippen LogP) is 3.22. The highest BCUT2D eigenvalue weighted by Crippen LogP contribution is 2.35. The van der Waals surface area contributed by atoms with Crippen LogP contribution in [0.15, 0.2) is 23.1 Å². The molecule has 0 N–H and O–H groups in total. The van der Waals surface area contributed by atoms with Crippen LogP contribution in [-0.2, 0) is 0 Å². The first-order chi connectivity index (χ1) is 4.61. The van der Waals surface area contributed by atoms with Gasteiger partial charge >= 0.3 is 0 Å². The molecule has 0 spiro atoms. The van der Waals surface area contributed by atoms with Gasteiger partial charge in [-0.2, -0.15) is 0 Å². The molecule has 1 rings (SSSR count). The van der Waals surface area contributed by atoms with Gasteiger partial charge in [0.2, 0.25) is 0 Å². The quantitative estimate of drug-likeness (QED) is 0.516. The van der Waals surface area contributed by atoms with Crippen molar-refractivity contribution in [3.05, 3.63) is 23.1 Å². The van der Waals surface area contributed by atoms with Crippen LogP contribution in [0.3, 0.4) is 0 Å². The maximum Gasteiger partial charge on any atom is 0.0160 e. The van der Waals surface area contributed by atoms with Crippen LogP contribution in [0.4, 0.5) is 0 Å². The standard InChI is InChI=1S/C9H14S/c1-9(2,3)8-6-4-5-7-10-8/h4-6H,7H2,1-3H3. The lowest BCUT2D eigenvalue weighted by atomic mass is 9.95. The van der Waals surface area contributed by atoms with Gasteiger partial charge in [-0.05, 0) is 10.3 Å². The monoisotopic (exact) mass is 154 g/mol. The summed E-state index contributed by atoms with van der Waals surface area (Å²) in [5, 5.41) is 0. The molecule has 0 fully saturated rings. The normalized spacial score (nSPS) is 18.9. The number of hydrogen-bond acceptors (Lipinski definition) is 1. The maximum absolute atomic E-state index is 2.25. The summed E-state index contributed by atoms with van der Waals surface area (Å²) in [7, 11) is 0. The second-order valence-electron chi connectivity index (χ2n) is 3.52. The molecule has 10 heavy (non-hydrogen) atoms. The summed E-state index contributed by atoms with van der Waals surface area (Å²) in [5.41, 5.74) is 0.343. The third-order valence-electron chi connectivity index (χ3n) is 1.46. The SMILES string of the molecule is CC(C)(C)C1=CC=CCS1. The zero-order valence-electron chi connectivity index (χ0n) is 6.85. The lowest BCUT2D eigenvalue weighted by Crippen LogP contribution is -2.07. The Labute approximate surface area is 67.4 Å². The van der Waals surface area contributed by atoms with Crippen LogP contribution in [0, 0.1) is 5.41 Å². The summed E-state index contributed by atoms with van der Waals surface area (Å²) >= 11 is 1.94. The van der Waals surface area contributed by atoms with Gasteiger partial charge in [-0.1, -0.05) is 39.0 Å². The third kappa shape index (κ3) is 1.91. The summed E-state index contributed by atoms with van der Waals surface area (Å²) in [6.45, 7) is 6.76. The third-order valence-corrected chi connectivity index (χ3v) is 2.88. The minimum Gasteiger partial charge on any atom is -0.126 e. The Bertz CT molecular complexity index is 170. The first-order valence-corrected chi connectivity index (χ1v) is 4.59. The van der Waals surface area contributed by atoms with Gasteiger partial charge in [-0.15, -0.1) is 11.8 Å². The molecule has 0 nitrogen and oxygen atoms in total. The molecule has 1 heterocycles. The molecule has 0 aromatic heterocycles. The van der Waals surface area contributed by atoms with Crippen LogP contribution >= 0.6 is 11.8 Å². The molecule has 0 unspecified atom stereocenters. The van der Waals surface area contributed by atoms with Gasteiger partial charge in [0.25, 0.3) is 0 Å². The minimum atomic E-state index is 0.343. The molecular formula is C9H14S. The molecule has 0 aliphatic carbocycles. The topological polar surface area (TPSA) is 0 Å². The van der Waals surface area contributed by atoms with E-state index in [1.807, 2.05) is 11.8 Å². The van der Waals surface area contributed by atoms with Crippen LogP contribution in [0.5, 0.6) is 0 Å². The average molecular weight is 154 g/mol. The molecule has 0 amide bonds. The molecule has 1 aliphatic rings. The van der Waals surface area contributed by atoms with Crippen molar-refractivity contribution in [2.24, 2.45) is 5.41 Å². The summed E-state index contributed by atoms with van der Waals surface area (Å²) in [6.07, 6.45) is 6.56. The highest BCUT2D eigenvalue weighted by molar-refractivity contribution is 8.03. The van der Waals surface area contributed by atoms with Gasteiger partial charge in [0.15, 0.2) is 0 Å². The van der Waals surface area contributed by atoms with E-state index in [0.717, 1.165) is 5.75 Å². The van der Waals surface area contributed by atoms with E-state index in [0.29, 0.717) is 5.41 Å². The molecule has 56 valence electrons. The molecule has 0 atom stereocenters. The fourth-order valence-electron chi connectivity index (χ4n) is 0.864. The van der Waals surface area contributed by atoms with Crippen LogP contribution in [0.2, 0.25) is 0 Å². The van der Waals surface area contributed by atoms with Crippen molar-refractivity contribution in [3.63, 3.8) is 0 Å². The van der Waals surface area contributed by atoms with E-state index in [2.05, 4.69) is 39.0 Å². The summed E-state index contributed by atoms with van der Waals surface area (Å²) < 4.78 is 0. The van der Waals surface area contributed by atoms with E-state index >= 15 is 0 Å². The van der Waals surface area contributed by atoms with E-state index in [1.54, 1.807) is 0 Å². The Morgan fingerprint density at radius 3 is 2.40 bits per heavy atom. The highest BCUT2D eigenvalue weighted by Gasteiger charge is 2.17. The van der Waals surface area contributed by atoms with Crippen molar-refractivity contribution < 1.29 is 0 Å². The van der Waals surface area contributed by atoms with Gasteiger partial charge < -0.3 is 0 Å². The lowest BCUT2D eigenvalue weighted by Gasteiger charge is -2.23. The highest BCUT2D eigenvalue weighted by atomic mass is 32.2. The van der Waals surface area contributed by atoms with Crippen LogP contribution < -0.4 is 0 Å². The Balaban J connectivity index is 2.72. The fourth-order valence-corrected chi connectivity index (χ4v) is 1.86. The largest absolute Gasteiger partial charge is 0.126 e. The first kappa shape index (κ1) is 7.93. The van der Waals surface area contributed by atoms with Gasteiger partial charge in [-0.25, -0.2) is 0 Å². The number of hydrogen-bond donors (Lipinski definition) is 0. The van der Waals surface area contributed by atoms with E-state index < -0.39 is 0 Å². The zero-order valence-corrected chi connectivity index (χ0v) is 7.66. The van der Waals surface area contributed by atoms with Crippen molar-refractivity contribution in [2.45, 2.75) is 20.8 Å². The smallest absolute Gasteiger partial charge is 0.0160 e. The van der Waals surface area contributed by atoms with Gasteiger partial charge in [-0.3, -0.25) is 0 Å². The van der Waals surface area contributed by atoms with Gasteiger partial charge in [0, 0.05) is 5.75 Å². The van der Waals surface area contributed by atoms with Gasteiger partial charge in [0.1, 0.15) is 0 Å². The average Bonchev–Trinajstić information content (AvgIpc) is 1.88. The Morgan fingerprint density at radius 1 is 1.40 bits per heavy atom.